The van der Waals surface area contributed by atoms with Gasteiger partial charge in [0, 0.05) is 18.3 Å². The molecule has 1 aliphatic carbocycles. The lowest BCUT2D eigenvalue weighted by atomic mass is 10.0. The topological polar surface area (TPSA) is 68.9 Å². The van der Waals surface area contributed by atoms with Crippen molar-refractivity contribution in [2.45, 2.75) is 45.6 Å². The van der Waals surface area contributed by atoms with E-state index in [4.69, 9.17) is 5.11 Å². The number of aliphatic hydroxyl groups is 1. The predicted octanol–water partition coefficient (Wildman–Crippen LogP) is 2.26. The van der Waals surface area contributed by atoms with E-state index < -0.39 is 0 Å². The third-order valence-corrected chi connectivity index (χ3v) is 3.74. The van der Waals surface area contributed by atoms with Gasteiger partial charge in [0.15, 0.2) is 0 Å². The van der Waals surface area contributed by atoms with Gasteiger partial charge in [0.05, 0.1) is 5.56 Å². The molecule has 1 aromatic rings. The Morgan fingerprint density at radius 2 is 2.26 bits per heavy atom. The van der Waals surface area contributed by atoms with Crippen molar-refractivity contribution in [3.8, 4) is 6.07 Å². The van der Waals surface area contributed by atoms with E-state index in [-0.39, 0.29) is 12.6 Å². The van der Waals surface area contributed by atoms with Crippen LogP contribution in [0, 0.1) is 17.2 Å². The average molecular weight is 259 g/mol. The second-order valence-electron chi connectivity index (χ2n) is 5.46. The number of aliphatic hydroxyl groups excluding tert-OH is 1. The second-order valence-corrected chi connectivity index (χ2v) is 5.46. The van der Waals surface area contributed by atoms with Crippen molar-refractivity contribution in [1.82, 2.24) is 4.98 Å². The Morgan fingerprint density at radius 3 is 2.89 bits per heavy atom. The highest BCUT2D eigenvalue weighted by atomic mass is 16.3. The number of aryl methyl sites for hydroxylation is 2. The normalized spacial score (nSPS) is 15.1. The lowest BCUT2D eigenvalue weighted by Crippen LogP contribution is -2.28. The molecular weight excluding hydrogens is 238 g/mol. The maximum atomic E-state index is 9.25. The molecule has 2 rings (SSSR count). The first kappa shape index (κ1) is 13.8. The predicted molar refractivity (Wildman–Crippen MR) is 74.9 cm³/mol. The van der Waals surface area contributed by atoms with Crippen molar-refractivity contribution in [1.29, 1.82) is 5.26 Å². The summed E-state index contributed by atoms with van der Waals surface area (Å²) >= 11 is 0. The van der Waals surface area contributed by atoms with Gasteiger partial charge in [0.1, 0.15) is 11.9 Å². The summed E-state index contributed by atoms with van der Waals surface area (Å²) in [6.07, 6.45) is 3.83. The highest BCUT2D eigenvalue weighted by Crippen LogP contribution is 2.26. The van der Waals surface area contributed by atoms with Gasteiger partial charge < -0.3 is 10.4 Å². The summed E-state index contributed by atoms with van der Waals surface area (Å²) in [6, 6.07) is 4.33. The van der Waals surface area contributed by atoms with Gasteiger partial charge in [-0.25, -0.2) is 4.98 Å². The number of hydrogen-bond donors (Lipinski definition) is 2. The third-order valence-electron chi connectivity index (χ3n) is 3.74. The quantitative estimate of drug-likeness (QED) is 0.851. The second kappa shape index (κ2) is 6.03. The maximum absolute atomic E-state index is 9.25. The molecule has 0 bridgehead atoms. The number of fused-ring (bicyclic) bond motifs is 1. The van der Waals surface area contributed by atoms with Gasteiger partial charge in [0.25, 0.3) is 0 Å². The Kier molecular flexibility index (Phi) is 4.39. The van der Waals surface area contributed by atoms with Crippen LogP contribution >= 0.6 is 0 Å². The van der Waals surface area contributed by atoms with Crippen molar-refractivity contribution < 1.29 is 5.11 Å². The molecule has 1 atom stereocenters. The van der Waals surface area contributed by atoms with Crippen LogP contribution in [0.15, 0.2) is 6.07 Å². The van der Waals surface area contributed by atoms with Gasteiger partial charge in [-0.3, -0.25) is 0 Å². The molecule has 4 heteroatoms. The number of anilines is 1. The number of aromatic nitrogens is 1. The van der Waals surface area contributed by atoms with Gasteiger partial charge in [0.2, 0.25) is 0 Å². The van der Waals surface area contributed by atoms with Gasteiger partial charge in [-0.1, -0.05) is 13.8 Å². The first-order valence-corrected chi connectivity index (χ1v) is 6.96. The van der Waals surface area contributed by atoms with Crippen molar-refractivity contribution in [2.75, 3.05) is 11.9 Å². The lowest BCUT2D eigenvalue weighted by molar-refractivity contribution is 0.267. The fourth-order valence-electron chi connectivity index (χ4n) is 2.55. The Labute approximate surface area is 114 Å². The summed E-state index contributed by atoms with van der Waals surface area (Å²) in [5.41, 5.74) is 2.95. The largest absolute Gasteiger partial charge is 0.396 e. The zero-order valence-electron chi connectivity index (χ0n) is 11.6. The van der Waals surface area contributed by atoms with E-state index in [2.05, 4.69) is 30.2 Å². The van der Waals surface area contributed by atoms with Crippen LogP contribution in [-0.4, -0.2) is 22.7 Å². The molecule has 0 amide bonds. The Hall–Kier alpha value is -1.60. The number of nitrogens with zero attached hydrogens (tertiary/aromatic N) is 2. The number of rotatable bonds is 5. The number of hydrogen-bond acceptors (Lipinski definition) is 4. The molecule has 1 heterocycles. The van der Waals surface area contributed by atoms with E-state index >= 15 is 0 Å². The van der Waals surface area contributed by atoms with Crippen LogP contribution in [0.1, 0.15) is 43.5 Å². The first-order chi connectivity index (χ1) is 9.15. The molecule has 102 valence electrons. The average Bonchev–Trinajstić information content (AvgIpc) is 2.84. The van der Waals surface area contributed by atoms with Crippen molar-refractivity contribution >= 4 is 5.82 Å². The molecule has 1 aliphatic rings. The lowest BCUT2D eigenvalue weighted by Gasteiger charge is -2.23. The molecule has 0 aliphatic heterocycles. The number of pyridine rings is 1. The fraction of sp³-hybridized carbons (Fsp3) is 0.600. The highest BCUT2D eigenvalue weighted by Gasteiger charge is 2.19. The minimum atomic E-state index is 0.142. The molecule has 4 nitrogen and oxygen atoms in total. The van der Waals surface area contributed by atoms with Crippen LogP contribution in [0.2, 0.25) is 0 Å². The van der Waals surface area contributed by atoms with E-state index in [1.807, 2.05) is 6.07 Å². The highest BCUT2D eigenvalue weighted by molar-refractivity contribution is 5.55. The standard InChI is InChI=1S/C15H21N3O/c1-10(2)13(6-7-19)17-15-12(9-16)8-11-4-3-5-14(11)18-15/h8,10,13,19H,3-7H2,1-2H3,(H,17,18). The molecule has 1 aromatic heterocycles. The summed E-state index contributed by atoms with van der Waals surface area (Å²) in [6.45, 7) is 4.35. The van der Waals surface area contributed by atoms with Gasteiger partial charge in [-0.05, 0) is 43.2 Å². The molecule has 0 saturated heterocycles. The Morgan fingerprint density at radius 1 is 1.47 bits per heavy atom. The Bertz CT molecular complexity index is 491. The van der Waals surface area contributed by atoms with Crippen LogP contribution in [0.4, 0.5) is 5.82 Å². The number of nitrogens with one attached hydrogen (secondary N) is 1. The smallest absolute Gasteiger partial charge is 0.144 e. The van der Waals surface area contributed by atoms with Gasteiger partial charge in [-0.2, -0.15) is 5.26 Å². The molecule has 2 N–H and O–H groups in total. The molecule has 0 saturated carbocycles. The number of nitriles is 1. The van der Waals surface area contributed by atoms with E-state index in [0.29, 0.717) is 23.7 Å². The van der Waals surface area contributed by atoms with Crippen LogP contribution < -0.4 is 5.32 Å². The summed E-state index contributed by atoms with van der Waals surface area (Å²) in [5.74, 6) is 1.06. The van der Waals surface area contributed by atoms with E-state index in [9.17, 15) is 5.26 Å². The van der Waals surface area contributed by atoms with Crippen LogP contribution in [0.3, 0.4) is 0 Å². The minimum absolute atomic E-state index is 0.142. The molecule has 0 fully saturated rings. The van der Waals surface area contributed by atoms with E-state index in [0.717, 1.165) is 25.0 Å². The molecule has 0 spiro atoms. The Balaban J connectivity index is 2.26. The molecule has 19 heavy (non-hydrogen) atoms. The molecule has 1 unspecified atom stereocenters. The van der Waals surface area contributed by atoms with E-state index in [1.54, 1.807) is 0 Å². The third kappa shape index (κ3) is 3.05. The van der Waals surface area contributed by atoms with E-state index in [1.165, 1.54) is 5.56 Å². The van der Waals surface area contributed by atoms with Crippen LogP contribution in [-0.2, 0) is 12.8 Å². The molecule has 0 radical (unpaired) electrons. The maximum Gasteiger partial charge on any atom is 0.144 e. The van der Waals surface area contributed by atoms with Crippen LogP contribution in [0.25, 0.3) is 0 Å². The summed E-state index contributed by atoms with van der Waals surface area (Å²) < 4.78 is 0. The van der Waals surface area contributed by atoms with Crippen molar-refractivity contribution in [3.05, 3.63) is 22.9 Å². The fourth-order valence-corrected chi connectivity index (χ4v) is 2.55. The zero-order valence-corrected chi connectivity index (χ0v) is 11.6. The van der Waals surface area contributed by atoms with Crippen LogP contribution in [0.5, 0.6) is 0 Å². The molecule has 0 aromatic carbocycles. The molecular formula is C15H21N3O. The van der Waals surface area contributed by atoms with Gasteiger partial charge >= 0.3 is 0 Å². The first-order valence-electron chi connectivity index (χ1n) is 6.96. The SMILES string of the molecule is CC(C)C(CCO)Nc1nc2c(cc1C#N)CCC2. The van der Waals surface area contributed by atoms with Crippen molar-refractivity contribution in [2.24, 2.45) is 5.92 Å². The minimum Gasteiger partial charge on any atom is -0.396 e. The zero-order chi connectivity index (χ0) is 13.8. The summed E-state index contributed by atoms with van der Waals surface area (Å²) in [4.78, 5) is 4.61. The monoisotopic (exact) mass is 259 g/mol. The summed E-state index contributed by atoms with van der Waals surface area (Å²) in [5, 5.41) is 21.7. The van der Waals surface area contributed by atoms with Crippen molar-refractivity contribution in [3.63, 3.8) is 0 Å². The summed E-state index contributed by atoms with van der Waals surface area (Å²) in [7, 11) is 0. The van der Waals surface area contributed by atoms with Gasteiger partial charge in [-0.15, -0.1) is 0 Å².